The molecule has 9 heteroatoms. The molecule has 0 saturated carbocycles. The van der Waals surface area contributed by atoms with Gasteiger partial charge in [-0.3, -0.25) is 14.4 Å². The number of carbonyl (C=O) groups is 3. The monoisotopic (exact) mass is 516 g/mol. The fourth-order valence-corrected chi connectivity index (χ4v) is 8.88. The Morgan fingerprint density at radius 1 is 1.33 bits per heavy atom. The molecule has 0 aromatic heterocycles. The van der Waals surface area contributed by atoms with Crippen LogP contribution < -0.4 is 9.64 Å². The standard InChI is InChI=1S/C27H36N2O6S/c1-6-14-28(17-8-10-18(35-5)11-9-17)24(32)22-27-13-12-26(4,36-27)21(25(33)34)20(27)23(31)29(22)19(15-30)16(3)7-2/h6,8-11,16,19-22,30H,1,7,12-15H2,2-5H3,(H,33,34)/t16-,19-,20-,21-,22?,26+,27?/m0/s1. The van der Waals surface area contributed by atoms with Gasteiger partial charge in [0, 0.05) is 17.0 Å². The maximum atomic E-state index is 14.5. The van der Waals surface area contributed by atoms with E-state index < -0.39 is 39.4 Å². The van der Waals surface area contributed by atoms with Crippen molar-refractivity contribution in [1.29, 1.82) is 0 Å². The molecule has 0 aliphatic carbocycles. The molecular formula is C27H36N2O6S. The van der Waals surface area contributed by atoms with E-state index in [-0.39, 0.29) is 30.9 Å². The van der Waals surface area contributed by atoms with E-state index in [0.717, 1.165) is 0 Å². The Bertz CT molecular complexity index is 1050. The number of ether oxygens (including phenoxy) is 1. The number of aliphatic carboxylic acids is 1. The SMILES string of the molecule is C=CCN(C(=O)C1N([C@@H](CO)[C@@H](C)CC)C(=O)[C@@H]2[C@@H](C(=O)O)[C@@]3(C)CCC12S3)c1ccc(OC)cc1. The van der Waals surface area contributed by atoms with Crippen molar-refractivity contribution in [2.45, 2.75) is 61.6 Å². The first-order chi connectivity index (χ1) is 17.1. The molecular weight excluding hydrogens is 480 g/mol. The molecule has 3 aliphatic rings. The van der Waals surface area contributed by atoms with E-state index in [1.807, 2.05) is 20.8 Å². The third-order valence-corrected chi connectivity index (χ3v) is 10.5. The van der Waals surface area contributed by atoms with Crippen molar-refractivity contribution in [2.75, 3.05) is 25.2 Å². The average molecular weight is 517 g/mol. The van der Waals surface area contributed by atoms with Crippen molar-refractivity contribution in [3.63, 3.8) is 0 Å². The van der Waals surface area contributed by atoms with Gasteiger partial charge in [-0.1, -0.05) is 26.3 Å². The summed E-state index contributed by atoms with van der Waals surface area (Å²) in [5.74, 6) is -2.72. The largest absolute Gasteiger partial charge is 0.497 e. The van der Waals surface area contributed by atoms with Crippen LogP contribution in [0.3, 0.4) is 0 Å². The molecule has 1 aromatic rings. The summed E-state index contributed by atoms with van der Waals surface area (Å²) >= 11 is 1.50. The lowest BCUT2D eigenvalue weighted by molar-refractivity contribution is -0.151. The number of anilines is 1. The third-order valence-electron chi connectivity index (χ3n) is 8.52. The molecule has 1 aromatic carbocycles. The van der Waals surface area contributed by atoms with E-state index in [2.05, 4.69) is 6.58 Å². The Balaban J connectivity index is 1.85. The van der Waals surface area contributed by atoms with Crippen LogP contribution in [0, 0.1) is 17.8 Å². The highest BCUT2D eigenvalue weighted by Gasteiger charge is 2.78. The molecule has 3 fully saturated rings. The van der Waals surface area contributed by atoms with Crippen LogP contribution in [0.2, 0.25) is 0 Å². The van der Waals surface area contributed by atoms with Crippen molar-refractivity contribution < 1.29 is 29.3 Å². The van der Waals surface area contributed by atoms with Gasteiger partial charge >= 0.3 is 5.97 Å². The Hall–Kier alpha value is -2.52. The molecule has 3 heterocycles. The molecule has 1 spiro atoms. The molecule has 7 atom stereocenters. The number of nitrogens with zero attached hydrogens (tertiary/aromatic N) is 2. The lowest BCUT2D eigenvalue weighted by Crippen LogP contribution is -2.58. The maximum absolute atomic E-state index is 14.5. The molecule has 2 N–H and O–H groups in total. The number of carboxylic acid groups (broad SMARTS) is 1. The number of fused-ring (bicyclic) bond motifs is 1. The number of thioether (sulfide) groups is 1. The van der Waals surface area contributed by atoms with Gasteiger partial charge in [-0.2, -0.15) is 0 Å². The number of benzene rings is 1. The minimum atomic E-state index is -1.000. The molecule has 0 radical (unpaired) electrons. The fraction of sp³-hybridized carbons (Fsp3) is 0.593. The first kappa shape index (κ1) is 26.5. The van der Waals surface area contributed by atoms with E-state index in [1.54, 1.807) is 47.3 Å². The Kier molecular flexibility index (Phi) is 7.18. The summed E-state index contributed by atoms with van der Waals surface area (Å²) in [5, 5.41) is 20.6. The predicted molar refractivity (Wildman–Crippen MR) is 139 cm³/mol. The smallest absolute Gasteiger partial charge is 0.308 e. The normalized spacial score (nSPS) is 32.2. The minimum absolute atomic E-state index is 0.0700. The molecule has 4 rings (SSSR count). The Labute approximate surface area is 216 Å². The lowest BCUT2D eigenvalue weighted by atomic mass is 9.66. The van der Waals surface area contributed by atoms with Crippen molar-refractivity contribution in [3.05, 3.63) is 36.9 Å². The van der Waals surface area contributed by atoms with Crippen LogP contribution in [0.15, 0.2) is 36.9 Å². The van der Waals surface area contributed by atoms with E-state index in [9.17, 15) is 24.6 Å². The summed E-state index contributed by atoms with van der Waals surface area (Å²) in [6, 6.07) is 5.64. The van der Waals surface area contributed by atoms with E-state index in [1.165, 1.54) is 11.8 Å². The zero-order chi connectivity index (χ0) is 26.4. The summed E-state index contributed by atoms with van der Waals surface area (Å²) in [6.07, 6.45) is 3.53. The topological polar surface area (TPSA) is 107 Å². The van der Waals surface area contributed by atoms with Gasteiger partial charge < -0.3 is 24.7 Å². The second-order valence-corrected chi connectivity index (χ2v) is 12.3. The van der Waals surface area contributed by atoms with Gasteiger partial charge in [-0.15, -0.1) is 18.3 Å². The number of rotatable bonds is 10. The Morgan fingerprint density at radius 3 is 2.53 bits per heavy atom. The molecule has 36 heavy (non-hydrogen) atoms. The second kappa shape index (κ2) is 9.74. The van der Waals surface area contributed by atoms with E-state index in [4.69, 9.17) is 4.74 Å². The summed E-state index contributed by atoms with van der Waals surface area (Å²) < 4.78 is 3.78. The number of aliphatic hydroxyl groups is 1. The number of hydrogen-bond donors (Lipinski definition) is 2. The van der Waals surface area contributed by atoms with Crippen molar-refractivity contribution >= 4 is 35.2 Å². The number of carboxylic acids is 1. The zero-order valence-corrected chi connectivity index (χ0v) is 22.2. The average Bonchev–Trinajstić information content (AvgIpc) is 3.43. The number of amides is 2. The maximum Gasteiger partial charge on any atom is 0.308 e. The van der Waals surface area contributed by atoms with Gasteiger partial charge in [0.15, 0.2) is 0 Å². The number of likely N-dealkylation sites (tertiary alicyclic amines) is 1. The van der Waals surface area contributed by atoms with Gasteiger partial charge in [-0.05, 0) is 49.9 Å². The molecule has 196 valence electrons. The van der Waals surface area contributed by atoms with Gasteiger partial charge in [0.1, 0.15) is 11.8 Å². The number of methoxy groups -OCH3 is 1. The fourth-order valence-electron chi connectivity index (χ4n) is 6.55. The van der Waals surface area contributed by atoms with Gasteiger partial charge in [0.2, 0.25) is 5.91 Å². The number of aliphatic hydroxyl groups excluding tert-OH is 1. The quantitative estimate of drug-likeness (QED) is 0.460. The van der Waals surface area contributed by atoms with Crippen LogP contribution in [0.4, 0.5) is 5.69 Å². The summed E-state index contributed by atoms with van der Waals surface area (Å²) in [7, 11) is 1.57. The summed E-state index contributed by atoms with van der Waals surface area (Å²) in [4.78, 5) is 44.2. The summed E-state index contributed by atoms with van der Waals surface area (Å²) in [6.45, 7) is 9.60. The van der Waals surface area contributed by atoms with Gasteiger partial charge in [0.25, 0.3) is 5.91 Å². The predicted octanol–water partition coefficient (Wildman–Crippen LogP) is 3.19. The molecule has 3 saturated heterocycles. The Morgan fingerprint density at radius 2 is 2.00 bits per heavy atom. The van der Waals surface area contributed by atoms with Crippen LogP contribution in [0.25, 0.3) is 0 Å². The summed E-state index contributed by atoms with van der Waals surface area (Å²) in [5.41, 5.74) is 0.635. The van der Waals surface area contributed by atoms with E-state index >= 15 is 0 Å². The first-order valence-electron chi connectivity index (χ1n) is 12.5. The second-order valence-electron chi connectivity index (χ2n) is 10.4. The zero-order valence-electron chi connectivity index (χ0n) is 21.3. The van der Waals surface area contributed by atoms with E-state index in [0.29, 0.717) is 30.7 Å². The first-order valence-corrected chi connectivity index (χ1v) is 13.3. The van der Waals surface area contributed by atoms with Crippen molar-refractivity contribution in [2.24, 2.45) is 17.8 Å². The third kappa shape index (κ3) is 3.82. The van der Waals surface area contributed by atoms with Crippen LogP contribution >= 0.6 is 11.8 Å². The van der Waals surface area contributed by atoms with Gasteiger partial charge in [-0.25, -0.2) is 0 Å². The molecule has 2 bridgehead atoms. The molecule has 8 nitrogen and oxygen atoms in total. The van der Waals surface area contributed by atoms with Crippen LogP contribution in [-0.2, 0) is 14.4 Å². The highest BCUT2D eigenvalue weighted by molar-refractivity contribution is 8.02. The van der Waals surface area contributed by atoms with Crippen LogP contribution in [0.5, 0.6) is 5.75 Å². The van der Waals surface area contributed by atoms with Crippen LogP contribution in [-0.4, -0.2) is 74.7 Å². The van der Waals surface area contributed by atoms with Crippen molar-refractivity contribution in [1.82, 2.24) is 4.90 Å². The highest BCUT2D eigenvalue weighted by atomic mass is 32.2. The molecule has 2 unspecified atom stereocenters. The highest BCUT2D eigenvalue weighted by Crippen LogP contribution is 2.71. The molecule has 3 aliphatic heterocycles. The van der Waals surface area contributed by atoms with Gasteiger partial charge in [0.05, 0.1) is 36.3 Å². The van der Waals surface area contributed by atoms with Crippen LogP contribution in [0.1, 0.15) is 40.0 Å². The van der Waals surface area contributed by atoms with Crippen molar-refractivity contribution in [3.8, 4) is 5.75 Å². The molecule has 2 amide bonds. The lowest BCUT2D eigenvalue weighted by Gasteiger charge is -2.41. The number of carbonyl (C=O) groups excluding carboxylic acids is 2. The minimum Gasteiger partial charge on any atom is -0.497 e. The number of hydrogen-bond acceptors (Lipinski definition) is 6.